The van der Waals surface area contributed by atoms with Crippen molar-refractivity contribution in [2.45, 2.75) is 6.42 Å². The highest BCUT2D eigenvalue weighted by Crippen LogP contribution is 2.23. The summed E-state index contributed by atoms with van der Waals surface area (Å²) in [5, 5.41) is 13.3. The van der Waals surface area contributed by atoms with Gasteiger partial charge in [-0.05, 0) is 54.4 Å². The van der Waals surface area contributed by atoms with E-state index in [2.05, 4.69) is 10.3 Å². The fraction of sp³-hybridized carbons (Fsp3) is 0.0833. The number of halogens is 1. The number of benzene rings is 2. The Balaban J connectivity index is 1.41. The molecule has 2 heterocycles. The Kier molecular flexibility index (Phi) is 5.44. The predicted octanol–water partition coefficient (Wildman–Crippen LogP) is 4.83. The molecule has 0 fully saturated rings. The van der Waals surface area contributed by atoms with Crippen molar-refractivity contribution in [3.63, 3.8) is 0 Å². The molecule has 4 aromatic rings. The SMILES string of the molecule is N#C/C(=C\c1ccc(-c2ccc(F)cc2)o1)C(=O)NCCc1c[nH]c2ccccc12. The largest absolute Gasteiger partial charge is 0.457 e. The molecule has 1 amide bonds. The summed E-state index contributed by atoms with van der Waals surface area (Å²) < 4.78 is 18.7. The number of carbonyl (C=O) groups is 1. The van der Waals surface area contributed by atoms with E-state index in [4.69, 9.17) is 4.42 Å². The number of nitrogens with zero attached hydrogens (tertiary/aromatic N) is 1. The van der Waals surface area contributed by atoms with E-state index in [1.54, 1.807) is 24.3 Å². The van der Waals surface area contributed by atoms with Gasteiger partial charge in [-0.2, -0.15) is 5.26 Å². The molecule has 0 aliphatic carbocycles. The first kappa shape index (κ1) is 19.2. The predicted molar refractivity (Wildman–Crippen MR) is 113 cm³/mol. The van der Waals surface area contributed by atoms with E-state index >= 15 is 0 Å². The van der Waals surface area contributed by atoms with Crippen LogP contribution in [0.15, 0.2) is 76.9 Å². The van der Waals surface area contributed by atoms with Gasteiger partial charge in [-0.3, -0.25) is 4.79 Å². The van der Waals surface area contributed by atoms with Gasteiger partial charge in [0.2, 0.25) is 0 Å². The Hall–Kier alpha value is -4.11. The molecule has 5 nitrogen and oxygen atoms in total. The Morgan fingerprint density at radius 3 is 2.73 bits per heavy atom. The number of aromatic amines is 1. The molecule has 4 rings (SSSR count). The normalized spacial score (nSPS) is 11.4. The molecule has 6 heteroatoms. The van der Waals surface area contributed by atoms with Crippen molar-refractivity contribution < 1.29 is 13.6 Å². The van der Waals surface area contributed by atoms with Crippen LogP contribution in [0.5, 0.6) is 0 Å². The molecule has 30 heavy (non-hydrogen) atoms. The van der Waals surface area contributed by atoms with Gasteiger partial charge in [0, 0.05) is 35.3 Å². The van der Waals surface area contributed by atoms with Crippen LogP contribution in [0.1, 0.15) is 11.3 Å². The maximum absolute atomic E-state index is 13.1. The third-order valence-corrected chi connectivity index (χ3v) is 4.76. The van der Waals surface area contributed by atoms with Crippen molar-refractivity contribution in [1.82, 2.24) is 10.3 Å². The van der Waals surface area contributed by atoms with Gasteiger partial charge in [0.25, 0.3) is 5.91 Å². The van der Waals surface area contributed by atoms with Gasteiger partial charge in [-0.15, -0.1) is 0 Å². The van der Waals surface area contributed by atoms with Crippen molar-refractivity contribution in [2.75, 3.05) is 6.54 Å². The third-order valence-electron chi connectivity index (χ3n) is 4.76. The van der Waals surface area contributed by atoms with Crippen LogP contribution in [-0.2, 0) is 11.2 Å². The standard InChI is InChI=1S/C24H18FN3O2/c25-19-7-5-16(6-8-19)23-10-9-20(30-23)13-18(14-26)24(29)27-12-11-17-15-28-22-4-2-1-3-21(17)22/h1-10,13,15,28H,11-12H2,(H,27,29)/b18-13+. The van der Waals surface area contributed by atoms with E-state index in [0.717, 1.165) is 16.5 Å². The highest BCUT2D eigenvalue weighted by Gasteiger charge is 2.11. The molecule has 0 spiro atoms. The summed E-state index contributed by atoms with van der Waals surface area (Å²) >= 11 is 0. The second-order valence-electron chi connectivity index (χ2n) is 6.74. The van der Waals surface area contributed by atoms with E-state index < -0.39 is 5.91 Å². The number of hydrogen-bond acceptors (Lipinski definition) is 3. The first-order chi connectivity index (χ1) is 14.6. The number of hydrogen-bond donors (Lipinski definition) is 2. The third kappa shape index (κ3) is 4.15. The minimum atomic E-state index is -0.461. The van der Waals surface area contributed by atoms with Crippen molar-refractivity contribution in [2.24, 2.45) is 0 Å². The molecule has 0 bridgehead atoms. The molecule has 2 aromatic carbocycles. The van der Waals surface area contributed by atoms with Crippen LogP contribution in [0.2, 0.25) is 0 Å². The van der Waals surface area contributed by atoms with Crippen molar-refractivity contribution in [1.29, 1.82) is 5.26 Å². The molecule has 0 saturated heterocycles. The van der Waals surface area contributed by atoms with Crippen LogP contribution >= 0.6 is 0 Å². The highest BCUT2D eigenvalue weighted by atomic mass is 19.1. The Morgan fingerprint density at radius 2 is 1.93 bits per heavy atom. The zero-order valence-electron chi connectivity index (χ0n) is 16.0. The van der Waals surface area contributed by atoms with Crippen LogP contribution in [0.4, 0.5) is 4.39 Å². The van der Waals surface area contributed by atoms with E-state index in [1.165, 1.54) is 18.2 Å². The zero-order valence-corrected chi connectivity index (χ0v) is 16.0. The van der Waals surface area contributed by atoms with Crippen LogP contribution in [0.3, 0.4) is 0 Å². The fourth-order valence-corrected chi connectivity index (χ4v) is 3.23. The molecule has 0 saturated carbocycles. The van der Waals surface area contributed by atoms with Crippen molar-refractivity contribution in [3.05, 3.63) is 89.6 Å². The van der Waals surface area contributed by atoms with Crippen molar-refractivity contribution >= 4 is 22.9 Å². The number of amides is 1. The maximum Gasteiger partial charge on any atom is 0.262 e. The van der Waals surface area contributed by atoms with Crippen LogP contribution in [0.25, 0.3) is 28.3 Å². The Labute approximate surface area is 172 Å². The number of nitriles is 1. The smallest absolute Gasteiger partial charge is 0.262 e. The fourth-order valence-electron chi connectivity index (χ4n) is 3.23. The number of para-hydroxylation sites is 1. The number of fused-ring (bicyclic) bond motifs is 1. The van der Waals surface area contributed by atoms with Gasteiger partial charge in [0.1, 0.15) is 29.0 Å². The van der Waals surface area contributed by atoms with Crippen LogP contribution in [0, 0.1) is 17.1 Å². The second kappa shape index (κ2) is 8.50. The molecule has 2 N–H and O–H groups in total. The summed E-state index contributed by atoms with van der Waals surface area (Å²) in [5.74, 6) is 0.106. The van der Waals surface area contributed by atoms with Gasteiger partial charge in [-0.1, -0.05) is 18.2 Å². The zero-order chi connectivity index (χ0) is 20.9. The lowest BCUT2D eigenvalue weighted by molar-refractivity contribution is -0.117. The number of furan rings is 1. The first-order valence-corrected chi connectivity index (χ1v) is 9.45. The van der Waals surface area contributed by atoms with Crippen LogP contribution in [-0.4, -0.2) is 17.4 Å². The lowest BCUT2D eigenvalue weighted by Gasteiger charge is -2.03. The molecular formula is C24H18FN3O2. The van der Waals surface area contributed by atoms with E-state index in [1.807, 2.05) is 36.5 Å². The summed E-state index contributed by atoms with van der Waals surface area (Å²) in [7, 11) is 0. The number of nitrogens with one attached hydrogen (secondary N) is 2. The van der Waals surface area contributed by atoms with Gasteiger partial charge in [0.15, 0.2) is 0 Å². The molecule has 0 aliphatic heterocycles. The Morgan fingerprint density at radius 1 is 1.13 bits per heavy atom. The number of rotatable bonds is 6. The average Bonchev–Trinajstić information content (AvgIpc) is 3.40. The van der Waals surface area contributed by atoms with Gasteiger partial charge < -0.3 is 14.7 Å². The second-order valence-corrected chi connectivity index (χ2v) is 6.74. The van der Waals surface area contributed by atoms with E-state index in [-0.39, 0.29) is 11.4 Å². The quantitative estimate of drug-likeness (QED) is 0.360. The van der Waals surface area contributed by atoms with Gasteiger partial charge in [0.05, 0.1) is 0 Å². The van der Waals surface area contributed by atoms with Gasteiger partial charge >= 0.3 is 0 Å². The monoisotopic (exact) mass is 399 g/mol. The summed E-state index contributed by atoms with van der Waals surface area (Å²) in [6.07, 6.45) is 3.97. The lowest BCUT2D eigenvalue weighted by atomic mass is 10.1. The molecule has 0 atom stereocenters. The molecular weight excluding hydrogens is 381 g/mol. The van der Waals surface area contributed by atoms with Gasteiger partial charge in [-0.25, -0.2) is 4.39 Å². The number of H-pyrrole nitrogens is 1. The summed E-state index contributed by atoms with van der Waals surface area (Å²) in [6, 6.07) is 19.1. The molecule has 0 unspecified atom stereocenters. The topological polar surface area (TPSA) is 81.8 Å². The average molecular weight is 399 g/mol. The summed E-state index contributed by atoms with van der Waals surface area (Å²) in [5.41, 5.74) is 2.81. The Bertz CT molecular complexity index is 1260. The molecule has 0 radical (unpaired) electrons. The van der Waals surface area contributed by atoms with E-state index in [9.17, 15) is 14.4 Å². The maximum atomic E-state index is 13.1. The molecule has 0 aliphatic rings. The highest BCUT2D eigenvalue weighted by molar-refractivity contribution is 6.01. The lowest BCUT2D eigenvalue weighted by Crippen LogP contribution is -2.26. The molecule has 2 aromatic heterocycles. The summed E-state index contributed by atoms with van der Waals surface area (Å²) in [6.45, 7) is 0.401. The minimum absolute atomic E-state index is 0.0473. The van der Waals surface area contributed by atoms with Crippen molar-refractivity contribution in [3.8, 4) is 17.4 Å². The van der Waals surface area contributed by atoms with E-state index in [0.29, 0.717) is 30.0 Å². The van der Waals surface area contributed by atoms with Crippen LogP contribution < -0.4 is 5.32 Å². The first-order valence-electron chi connectivity index (χ1n) is 9.45. The minimum Gasteiger partial charge on any atom is -0.457 e. The number of aromatic nitrogens is 1. The molecule has 148 valence electrons. The number of carbonyl (C=O) groups excluding carboxylic acids is 1. The summed E-state index contributed by atoms with van der Waals surface area (Å²) in [4.78, 5) is 15.6.